The lowest BCUT2D eigenvalue weighted by molar-refractivity contribution is 0.180. The van der Waals surface area contributed by atoms with Crippen LogP contribution in [0.4, 0.5) is 0 Å². The van der Waals surface area contributed by atoms with Crippen LogP contribution in [0.3, 0.4) is 0 Å². The van der Waals surface area contributed by atoms with E-state index in [1.165, 1.54) is 7.11 Å². The van der Waals surface area contributed by atoms with Crippen molar-refractivity contribution in [2.45, 2.75) is 20.0 Å². The molecule has 15 heavy (non-hydrogen) atoms. The fourth-order valence-corrected chi connectivity index (χ4v) is 1.58. The van der Waals surface area contributed by atoms with Gasteiger partial charge in [0, 0.05) is 12.1 Å². The predicted octanol–water partition coefficient (Wildman–Crippen LogP) is 1.01. The maximum atomic E-state index is 9.86. The average molecular weight is 211 g/mol. The van der Waals surface area contributed by atoms with E-state index in [9.17, 15) is 10.2 Å². The molecule has 0 heterocycles. The Hall–Kier alpha value is -1.26. The second-order valence-corrected chi connectivity index (χ2v) is 3.53. The number of methoxy groups -OCH3 is 1. The normalized spacial score (nSPS) is 12.6. The Bertz CT molecular complexity index is 363. The summed E-state index contributed by atoms with van der Waals surface area (Å²) in [6.45, 7) is 3.80. The molecule has 0 aromatic heterocycles. The Labute approximate surface area is 89.3 Å². The van der Waals surface area contributed by atoms with Crippen LogP contribution in [0.2, 0.25) is 0 Å². The molecule has 1 rings (SSSR count). The molecule has 1 unspecified atom stereocenters. The van der Waals surface area contributed by atoms with Crippen LogP contribution in [-0.2, 0) is 0 Å². The lowest BCUT2D eigenvalue weighted by Gasteiger charge is -2.17. The number of aliphatic hydroxyl groups is 1. The van der Waals surface area contributed by atoms with Gasteiger partial charge in [-0.2, -0.15) is 0 Å². The smallest absolute Gasteiger partial charge is 0.163 e. The third kappa shape index (κ3) is 2.06. The van der Waals surface area contributed by atoms with Crippen molar-refractivity contribution in [3.05, 3.63) is 22.8 Å². The van der Waals surface area contributed by atoms with Gasteiger partial charge in [0.05, 0.1) is 13.2 Å². The van der Waals surface area contributed by atoms with Gasteiger partial charge in [-0.15, -0.1) is 0 Å². The van der Waals surface area contributed by atoms with Crippen LogP contribution in [0.5, 0.6) is 11.5 Å². The fourth-order valence-electron chi connectivity index (χ4n) is 1.58. The van der Waals surface area contributed by atoms with Crippen molar-refractivity contribution in [2.24, 2.45) is 5.73 Å². The van der Waals surface area contributed by atoms with Crippen molar-refractivity contribution >= 4 is 0 Å². The summed E-state index contributed by atoms with van der Waals surface area (Å²) in [5.74, 6) is 0.333. The zero-order valence-corrected chi connectivity index (χ0v) is 9.24. The van der Waals surface area contributed by atoms with E-state index in [0.29, 0.717) is 11.3 Å². The van der Waals surface area contributed by atoms with Gasteiger partial charge in [-0.1, -0.05) is 0 Å². The van der Waals surface area contributed by atoms with Crippen LogP contribution >= 0.6 is 0 Å². The maximum Gasteiger partial charge on any atom is 0.163 e. The molecular weight excluding hydrogens is 194 g/mol. The lowest BCUT2D eigenvalue weighted by atomic mass is 9.97. The lowest BCUT2D eigenvalue weighted by Crippen LogP contribution is -2.13. The predicted molar refractivity (Wildman–Crippen MR) is 58.1 cm³/mol. The summed E-state index contributed by atoms with van der Waals surface area (Å²) in [6, 6.07) is 1.73. The Morgan fingerprint density at radius 2 is 2.07 bits per heavy atom. The van der Waals surface area contributed by atoms with Crippen LogP contribution in [0.1, 0.15) is 22.8 Å². The van der Waals surface area contributed by atoms with E-state index in [0.717, 1.165) is 11.1 Å². The first-order valence-corrected chi connectivity index (χ1v) is 4.78. The second-order valence-electron chi connectivity index (χ2n) is 3.53. The number of benzene rings is 1. The summed E-state index contributed by atoms with van der Waals surface area (Å²) in [7, 11) is 1.47. The van der Waals surface area contributed by atoms with Gasteiger partial charge in [0.1, 0.15) is 0 Å². The van der Waals surface area contributed by atoms with E-state index in [4.69, 9.17) is 10.5 Å². The van der Waals surface area contributed by atoms with E-state index in [2.05, 4.69) is 0 Å². The molecule has 4 heteroatoms. The molecular formula is C11H17NO3. The van der Waals surface area contributed by atoms with Gasteiger partial charge < -0.3 is 20.7 Å². The van der Waals surface area contributed by atoms with E-state index in [1.807, 2.05) is 13.8 Å². The van der Waals surface area contributed by atoms with Crippen LogP contribution in [0, 0.1) is 13.8 Å². The minimum Gasteiger partial charge on any atom is -0.504 e. The number of nitrogens with two attached hydrogens (primary N) is 1. The van der Waals surface area contributed by atoms with Crippen molar-refractivity contribution in [2.75, 3.05) is 13.7 Å². The van der Waals surface area contributed by atoms with E-state index < -0.39 is 6.10 Å². The van der Waals surface area contributed by atoms with Gasteiger partial charge in [-0.3, -0.25) is 0 Å². The molecule has 0 aliphatic rings. The van der Waals surface area contributed by atoms with Crippen molar-refractivity contribution in [3.63, 3.8) is 0 Å². The standard InChI is InChI=1S/C11H17NO3/c1-6-4-9(15-3)11(14)10(7(6)2)8(13)5-12/h4,8,13-14H,5,12H2,1-3H3. The number of hydrogen-bond acceptors (Lipinski definition) is 4. The minimum absolute atomic E-state index is 0.0291. The van der Waals surface area contributed by atoms with Crippen molar-refractivity contribution < 1.29 is 14.9 Å². The zero-order valence-electron chi connectivity index (χ0n) is 9.24. The van der Waals surface area contributed by atoms with Gasteiger partial charge in [0.2, 0.25) is 0 Å². The van der Waals surface area contributed by atoms with Gasteiger partial charge >= 0.3 is 0 Å². The van der Waals surface area contributed by atoms with E-state index in [1.54, 1.807) is 6.07 Å². The average Bonchev–Trinajstić information content (AvgIpc) is 2.23. The first-order valence-electron chi connectivity index (χ1n) is 4.78. The summed E-state index contributed by atoms with van der Waals surface area (Å²) in [4.78, 5) is 0. The van der Waals surface area contributed by atoms with E-state index in [-0.39, 0.29) is 12.3 Å². The third-order valence-corrected chi connectivity index (χ3v) is 2.61. The van der Waals surface area contributed by atoms with Crippen LogP contribution in [0.25, 0.3) is 0 Å². The maximum absolute atomic E-state index is 9.86. The number of phenols is 1. The topological polar surface area (TPSA) is 75.7 Å². The number of aryl methyl sites for hydroxylation is 1. The highest BCUT2D eigenvalue weighted by molar-refractivity contribution is 5.53. The number of rotatable bonds is 3. The molecule has 1 atom stereocenters. The minimum atomic E-state index is -0.862. The molecule has 0 amide bonds. The van der Waals surface area contributed by atoms with Gasteiger partial charge in [-0.05, 0) is 31.0 Å². The summed E-state index contributed by atoms with van der Waals surface area (Å²) in [6.07, 6.45) is -0.862. The van der Waals surface area contributed by atoms with E-state index >= 15 is 0 Å². The molecule has 1 aromatic rings. The number of ether oxygens (including phenoxy) is 1. The monoisotopic (exact) mass is 211 g/mol. The SMILES string of the molecule is COc1cc(C)c(C)c(C(O)CN)c1O. The van der Waals surface area contributed by atoms with Gasteiger partial charge in [0.15, 0.2) is 11.5 Å². The molecule has 4 nitrogen and oxygen atoms in total. The molecule has 1 aromatic carbocycles. The summed E-state index contributed by atoms with van der Waals surface area (Å²) in [5, 5.41) is 19.5. The first kappa shape index (κ1) is 11.8. The molecule has 0 saturated heterocycles. The number of aromatic hydroxyl groups is 1. The van der Waals surface area contributed by atoms with Crippen molar-refractivity contribution in [1.29, 1.82) is 0 Å². The molecule has 0 aliphatic carbocycles. The van der Waals surface area contributed by atoms with Crippen molar-refractivity contribution in [3.8, 4) is 11.5 Å². The molecule has 0 aliphatic heterocycles. The molecule has 4 N–H and O–H groups in total. The second kappa shape index (κ2) is 4.51. The third-order valence-electron chi connectivity index (χ3n) is 2.61. The summed E-state index contributed by atoms with van der Waals surface area (Å²) < 4.78 is 5.01. The number of hydrogen-bond donors (Lipinski definition) is 3. The van der Waals surface area contributed by atoms with Crippen LogP contribution < -0.4 is 10.5 Å². The Balaban J connectivity index is 3.40. The molecule has 84 valence electrons. The first-order chi connectivity index (χ1) is 7.02. The molecule has 0 radical (unpaired) electrons. The fraction of sp³-hybridized carbons (Fsp3) is 0.455. The van der Waals surface area contributed by atoms with Crippen LogP contribution in [0.15, 0.2) is 6.07 Å². The van der Waals surface area contributed by atoms with Crippen molar-refractivity contribution in [1.82, 2.24) is 0 Å². The molecule has 0 spiro atoms. The Morgan fingerprint density at radius 3 is 2.53 bits per heavy atom. The molecule has 0 saturated carbocycles. The highest BCUT2D eigenvalue weighted by Crippen LogP contribution is 2.37. The van der Waals surface area contributed by atoms with Gasteiger partial charge in [-0.25, -0.2) is 0 Å². The number of phenolic OH excluding ortho intramolecular Hbond substituents is 1. The molecule has 0 fully saturated rings. The highest BCUT2D eigenvalue weighted by atomic mass is 16.5. The molecule has 0 bridgehead atoms. The summed E-state index contributed by atoms with van der Waals surface area (Å²) >= 11 is 0. The number of aliphatic hydroxyl groups excluding tert-OH is 1. The summed E-state index contributed by atoms with van der Waals surface area (Å²) in [5.41, 5.74) is 7.62. The van der Waals surface area contributed by atoms with Gasteiger partial charge in [0.25, 0.3) is 0 Å². The Morgan fingerprint density at radius 1 is 1.47 bits per heavy atom. The highest BCUT2D eigenvalue weighted by Gasteiger charge is 2.19. The zero-order chi connectivity index (χ0) is 11.6. The quantitative estimate of drug-likeness (QED) is 0.697. The largest absolute Gasteiger partial charge is 0.504 e. The van der Waals surface area contributed by atoms with Crippen LogP contribution in [-0.4, -0.2) is 23.9 Å². The Kier molecular flexibility index (Phi) is 3.55.